The van der Waals surface area contributed by atoms with E-state index < -0.39 is 23.8 Å². The van der Waals surface area contributed by atoms with E-state index in [4.69, 9.17) is 4.74 Å². The second-order valence-electron chi connectivity index (χ2n) is 7.85. The number of ether oxygens (including phenoxy) is 1. The number of aliphatic carboxylic acids is 1. The normalized spacial score (nSPS) is 28.6. The molecule has 0 spiro atoms. The summed E-state index contributed by atoms with van der Waals surface area (Å²) in [6, 6.07) is 0. The van der Waals surface area contributed by atoms with Crippen molar-refractivity contribution in [3.8, 4) is 0 Å². The third-order valence-electron chi connectivity index (χ3n) is 6.39. The van der Waals surface area contributed by atoms with Gasteiger partial charge in [0.15, 0.2) is 0 Å². The number of carboxylic acids is 1. The van der Waals surface area contributed by atoms with Gasteiger partial charge in [-0.1, -0.05) is 0 Å². The van der Waals surface area contributed by atoms with Gasteiger partial charge in [0.25, 0.3) is 0 Å². The molecule has 7 heteroatoms. The van der Waals surface area contributed by atoms with Gasteiger partial charge in [0.2, 0.25) is 5.91 Å². The minimum Gasteiger partial charge on any atom is -0.481 e. The van der Waals surface area contributed by atoms with Crippen LogP contribution in [0.3, 0.4) is 0 Å². The molecule has 4 atom stereocenters. The molecule has 0 aliphatic heterocycles. The van der Waals surface area contributed by atoms with Crippen LogP contribution in [0.15, 0.2) is 0 Å². The van der Waals surface area contributed by atoms with Crippen LogP contribution < -0.4 is 5.32 Å². The zero-order valence-corrected chi connectivity index (χ0v) is 16.3. The molecule has 2 bridgehead atoms. The first-order chi connectivity index (χ1) is 13.0. The first kappa shape index (κ1) is 18.5. The van der Waals surface area contributed by atoms with E-state index in [-0.39, 0.29) is 24.3 Å². The number of aryl methyl sites for hydroxylation is 1. The molecule has 1 aromatic rings. The van der Waals surface area contributed by atoms with Crippen LogP contribution in [-0.4, -0.2) is 29.6 Å². The smallest absolute Gasteiger partial charge is 0.341 e. The molecule has 2 saturated carbocycles. The maximum Gasteiger partial charge on any atom is 0.341 e. The number of amides is 1. The zero-order valence-electron chi connectivity index (χ0n) is 15.5. The minimum atomic E-state index is -0.876. The van der Waals surface area contributed by atoms with Gasteiger partial charge in [0.1, 0.15) is 5.00 Å². The summed E-state index contributed by atoms with van der Waals surface area (Å²) >= 11 is 1.45. The number of thiophene rings is 1. The van der Waals surface area contributed by atoms with Crippen molar-refractivity contribution in [1.82, 2.24) is 0 Å². The Bertz CT molecular complexity index is 786. The fourth-order valence-corrected chi connectivity index (χ4v) is 6.57. The summed E-state index contributed by atoms with van der Waals surface area (Å²) in [5, 5.41) is 13.1. The average molecular weight is 391 g/mol. The topological polar surface area (TPSA) is 92.7 Å². The van der Waals surface area contributed by atoms with Crippen LogP contribution in [0.2, 0.25) is 0 Å². The Kier molecular flexibility index (Phi) is 4.97. The molecule has 4 rings (SSSR count). The first-order valence-electron chi connectivity index (χ1n) is 9.86. The van der Waals surface area contributed by atoms with Crippen LogP contribution in [0.5, 0.6) is 0 Å². The van der Waals surface area contributed by atoms with E-state index in [1.54, 1.807) is 6.92 Å². The van der Waals surface area contributed by atoms with Gasteiger partial charge >= 0.3 is 11.9 Å². The number of esters is 1. The molecule has 0 unspecified atom stereocenters. The Morgan fingerprint density at radius 3 is 2.56 bits per heavy atom. The molecular weight excluding hydrogens is 366 g/mol. The summed E-state index contributed by atoms with van der Waals surface area (Å²) in [5.74, 6) is -2.40. The minimum absolute atomic E-state index is 0.101. The quantitative estimate of drug-likeness (QED) is 0.750. The van der Waals surface area contributed by atoms with Crippen molar-refractivity contribution in [1.29, 1.82) is 0 Å². The lowest BCUT2D eigenvalue weighted by Gasteiger charge is -2.26. The fraction of sp³-hybridized carbons (Fsp3) is 0.650. The number of hydrogen-bond donors (Lipinski definition) is 2. The van der Waals surface area contributed by atoms with E-state index in [2.05, 4.69) is 5.32 Å². The average Bonchev–Trinajstić information content (AvgIpc) is 3.33. The predicted octanol–water partition coefficient (Wildman–Crippen LogP) is 3.49. The predicted molar refractivity (Wildman–Crippen MR) is 101 cm³/mol. The Hall–Kier alpha value is -1.89. The van der Waals surface area contributed by atoms with Gasteiger partial charge in [0, 0.05) is 4.88 Å². The number of carbonyl (C=O) groups is 3. The number of anilines is 1. The molecule has 0 aromatic carbocycles. The van der Waals surface area contributed by atoms with Crippen molar-refractivity contribution in [3.63, 3.8) is 0 Å². The summed E-state index contributed by atoms with van der Waals surface area (Å²) in [5.41, 5.74) is 1.49. The van der Waals surface area contributed by atoms with Gasteiger partial charge in [-0.25, -0.2) is 4.79 Å². The first-order valence-corrected chi connectivity index (χ1v) is 10.7. The molecule has 1 amide bonds. The van der Waals surface area contributed by atoms with Crippen LogP contribution in [0.4, 0.5) is 5.00 Å². The van der Waals surface area contributed by atoms with Crippen LogP contribution in [0.1, 0.15) is 59.8 Å². The highest BCUT2D eigenvalue weighted by molar-refractivity contribution is 7.17. The molecule has 27 heavy (non-hydrogen) atoms. The second-order valence-corrected chi connectivity index (χ2v) is 8.95. The van der Waals surface area contributed by atoms with Gasteiger partial charge in [-0.2, -0.15) is 0 Å². The number of carbonyl (C=O) groups excluding carboxylic acids is 2. The lowest BCUT2D eigenvalue weighted by Crippen LogP contribution is -2.38. The lowest BCUT2D eigenvalue weighted by atomic mass is 9.78. The largest absolute Gasteiger partial charge is 0.481 e. The number of nitrogens with one attached hydrogen (secondary N) is 1. The SMILES string of the molecule is CCOC(=O)c1c(NC(=O)[C@@H]2[C@@H]3CC[C@@H](C3)[C@@H]2C(=O)O)sc2c1CCCC2. The molecule has 3 aliphatic carbocycles. The van der Waals surface area contributed by atoms with Gasteiger partial charge in [-0.05, 0) is 69.3 Å². The van der Waals surface area contributed by atoms with E-state index >= 15 is 0 Å². The molecule has 1 aromatic heterocycles. The summed E-state index contributed by atoms with van der Waals surface area (Å²) in [4.78, 5) is 38.5. The van der Waals surface area contributed by atoms with Crippen molar-refractivity contribution < 1.29 is 24.2 Å². The molecule has 146 valence electrons. The van der Waals surface area contributed by atoms with Gasteiger partial charge in [-0.15, -0.1) is 11.3 Å². The van der Waals surface area contributed by atoms with Crippen LogP contribution in [0.25, 0.3) is 0 Å². The summed E-state index contributed by atoms with van der Waals surface area (Å²) < 4.78 is 5.23. The maximum absolute atomic E-state index is 13.0. The Labute approximate surface area is 162 Å². The summed E-state index contributed by atoms with van der Waals surface area (Å²) in [6.45, 7) is 2.05. The van der Waals surface area contributed by atoms with Crippen LogP contribution >= 0.6 is 11.3 Å². The molecular formula is C20H25NO5S. The second kappa shape index (κ2) is 7.26. The maximum atomic E-state index is 13.0. The van der Waals surface area contributed by atoms with Gasteiger partial charge in [-0.3, -0.25) is 9.59 Å². The Morgan fingerprint density at radius 1 is 1.15 bits per heavy atom. The van der Waals surface area contributed by atoms with Gasteiger partial charge in [0.05, 0.1) is 24.0 Å². The van der Waals surface area contributed by atoms with E-state index in [1.165, 1.54) is 11.3 Å². The van der Waals surface area contributed by atoms with E-state index in [0.717, 1.165) is 55.4 Å². The highest BCUT2D eigenvalue weighted by Gasteiger charge is 2.54. The molecule has 0 radical (unpaired) electrons. The number of carboxylic acid groups (broad SMARTS) is 1. The summed E-state index contributed by atoms with van der Waals surface area (Å²) in [6.07, 6.45) is 6.47. The van der Waals surface area contributed by atoms with E-state index in [0.29, 0.717) is 10.6 Å². The molecule has 1 heterocycles. The van der Waals surface area contributed by atoms with Crippen molar-refractivity contribution in [2.45, 2.75) is 51.9 Å². The lowest BCUT2D eigenvalue weighted by molar-refractivity contribution is -0.148. The highest BCUT2D eigenvalue weighted by atomic mass is 32.1. The van der Waals surface area contributed by atoms with Crippen molar-refractivity contribution >= 4 is 34.2 Å². The third kappa shape index (κ3) is 3.16. The Balaban J connectivity index is 1.62. The standard InChI is InChI=1S/C20H25NO5S/c1-2-26-20(25)16-12-5-3-4-6-13(12)27-18(16)21-17(22)14-10-7-8-11(9-10)15(14)19(23)24/h10-11,14-15H,2-9H2,1H3,(H,21,22)(H,23,24)/t10-,11+,14-,15+/m1/s1. The molecule has 2 fully saturated rings. The highest BCUT2D eigenvalue weighted by Crippen LogP contribution is 2.53. The van der Waals surface area contributed by atoms with Crippen LogP contribution in [0, 0.1) is 23.7 Å². The van der Waals surface area contributed by atoms with E-state index in [9.17, 15) is 19.5 Å². The zero-order chi connectivity index (χ0) is 19.1. The van der Waals surface area contributed by atoms with Gasteiger partial charge < -0.3 is 15.2 Å². The molecule has 3 aliphatic rings. The van der Waals surface area contributed by atoms with Crippen LogP contribution in [-0.2, 0) is 27.2 Å². The number of rotatable bonds is 5. The van der Waals surface area contributed by atoms with Crippen molar-refractivity contribution in [2.24, 2.45) is 23.7 Å². The Morgan fingerprint density at radius 2 is 1.85 bits per heavy atom. The fourth-order valence-electron chi connectivity index (χ4n) is 5.29. The molecule has 0 saturated heterocycles. The number of fused-ring (bicyclic) bond motifs is 3. The van der Waals surface area contributed by atoms with E-state index in [1.807, 2.05) is 0 Å². The molecule has 2 N–H and O–H groups in total. The van der Waals surface area contributed by atoms with Crippen molar-refractivity contribution in [3.05, 3.63) is 16.0 Å². The molecule has 6 nitrogen and oxygen atoms in total. The monoisotopic (exact) mass is 391 g/mol. The third-order valence-corrected chi connectivity index (χ3v) is 7.60. The number of hydrogen-bond acceptors (Lipinski definition) is 5. The van der Waals surface area contributed by atoms with Crippen molar-refractivity contribution in [2.75, 3.05) is 11.9 Å². The summed E-state index contributed by atoms with van der Waals surface area (Å²) in [7, 11) is 0.